The SMILES string of the molecule is C=C(CCCN(C)C)C(=O)NCCl. The molecule has 0 saturated heterocycles. The molecule has 0 spiro atoms. The van der Waals surface area contributed by atoms with Gasteiger partial charge in [-0.3, -0.25) is 4.79 Å². The third-order valence-corrected chi connectivity index (χ3v) is 1.77. The summed E-state index contributed by atoms with van der Waals surface area (Å²) in [6.45, 7) is 4.65. The first-order valence-electron chi connectivity index (χ1n) is 4.24. The van der Waals surface area contributed by atoms with Gasteiger partial charge in [0.15, 0.2) is 0 Å². The van der Waals surface area contributed by atoms with Crippen LogP contribution in [0.1, 0.15) is 12.8 Å². The predicted octanol–water partition coefficient (Wildman–Crippen LogP) is 1.20. The van der Waals surface area contributed by atoms with E-state index in [0.717, 1.165) is 19.4 Å². The zero-order chi connectivity index (χ0) is 10.3. The van der Waals surface area contributed by atoms with Crippen LogP contribution in [0.5, 0.6) is 0 Å². The fourth-order valence-corrected chi connectivity index (χ4v) is 1.03. The van der Waals surface area contributed by atoms with Gasteiger partial charge in [-0.2, -0.15) is 0 Å². The van der Waals surface area contributed by atoms with Crippen molar-refractivity contribution < 1.29 is 4.79 Å². The Labute approximate surface area is 84.7 Å². The van der Waals surface area contributed by atoms with E-state index in [1.54, 1.807) is 0 Å². The monoisotopic (exact) mass is 204 g/mol. The van der Waals surface area contributed by atoms with Crippen molar-refractivity contribution in [2.24, 2.45) is 0 Å². The van der Waals surface area contributed by atoms with E-state index in [1.807, 2.05) is 14.1 Å². The maximum Gasteiger partial charge on any atom is 0.247 e. The van der Waals surface area contributed by atoms with Gasteiger partial charge in [-0.25, -0.2) is 0 Å². The molecule has 4 heteroatoms. The smallest absolute Gasteiger partial charge is 0.247 e. The summed E-state index contributed by atoms with van der Waals surface area (Å²) < 4.78 is 0. The lowest BCUT2D eigenvalue weighted by Gasteiger charge is -2.09. The van der Waals surface area contributed by atoms with Gasteiger partial charge in [-0.1, -0.05) is 6.58 Å². The van der Waals surface area contributed by atoms with Crippen LogP contribution in [0.3, 0.4) is 0 Å². The van der Waals surface area contributed by atoms with Gasteiger partial charge in [0, 0.05) is 5.57 Å². The molecule has 0 fully saturated rings. The van der Waals surface area contributed by atoms with Crippen molar-refractivity contribution in [1.29, 1.82) is 0 Å². The van der Waals surface area contributed by atoms with Crippen LogP contribution in [-0.4, -0.2) is 37.5 Å². The molecule has 0 aromatic carbocycles. The number of hydrogen-bond donors (Lipinski definition) is 1. The molecule has 0 bridgehead atoms. The normalized spacial score (nSPS) is 10.2. The van der Waals surface area contributed by atoms with Crippen molar-refractivity contribution >= 4 is 17.5 Å². The Morgan fingerprint density at radius 2 is 2.15 bits per heavy atom. The Kier molecular flexibility index (Phi) is 6.63. The summed E-state index contributed by atoms with van der Waals surface area (Å²) in [6, 6.07) is 0.144. The second-order valence-electron chi connectivity index (χ2n) is 3.15. The number of nitrogens with one attached hydrogen (secondary N) is 1. The molecule has 1 amide bonds. The van der Waals surface area contributed by atoms with E-state index >= 15 is 0 Å². The van der Waals surface area contributed by atoms with Crippen molar-refractivity contribution in [1.82, 2.24) is 10.2 Å². The molecule has 3 nitrogen and oxygen atoms in total. The third kappa shape index (κ3) is 6.61. The lowest BCUT2D eigenvalue weighted by Crippen LogP contribution is -2.23. The van der Waals surface area contributed by atoms with Crippen LogP contribution in [0.2, 0.25) is 0 Å². The quantitative estimate of drug-likeness (QED) is 0.401. The van der Waals surface area contributed by atoms with E-state index in [4.69, 9.17) is 11.6 Å². The van der Waals surface area contributed by atoms with Crippen molar-refractivity contribution in [2.75, 3.05) is 26.6 Å². The van der Waals surface area contributed by atoms with Crippen molar-refractivity contribution in [3.05, 3.63) is 12.2 Å². The molecule has 0 aliphatic carbocycles. The van der Waals surface area contributed by atoms with Gasteiger partial charge < -0.3 is 10.2 Å². The zero-order valence-corrected chi connectivity index (χ0v) is 9.02. The molecule has 0 unspecified atom stereocenters. The number of carbonyl (C=O) groups excluding carboxylic acids is 1. The highest BCUT2D eigenvalue weighted by Crippen LogP contribution is 2.02. The van der Waals surface area contributed by atoms with Crippen molar-refractivity contribution in [3.8, 4) is 0 Å². The van der Waals surface area contributed by atoms with Crippen molar-refractivity contribution in [2.45, 2.75) is 12.8 Å². The molecule has 0 aromatic heterocycles. The fraction of sp³-hybridized carbons (Fsp3) is 0.667. The van der Waals surface area contributed by atoms with Crippen LogP contribution in [0.4, 0.5) is 0 Å². The van der Waals surface area contributed by atoms with E-state index in [1.165, 1.54) is 0 Å². The summed E-state index contributed by atoms with van der Waals surface area (Å²) in [4.78, 5) is 13.2. The van der Waals surface area contributed by atoms with Crippen LogP contribution in [-0.2, 0) is 4.79 Å². The largest absolute Gasteiger partial charge is 0.339 e. The molecule has 1 N–H and O–H groups in total. The number of nitrogens with zero attached hydrogens (tertiary/aromatic N) is 1. The van der Waals surface area contributed by atoms with E-state index in [0.29, 0.717) is 5.57 Å². The minimum Gasteiger partial charge on any atom is -0.339 e. The van der Waals surface area contributed by atoms with Crippen LogP contribution in [0.15, 0.2) is 12.2 Å². The van der Waals surface area contributed by atoms with Crippen LogP contribution in [0.25, 0.3) is 0 Å². The van der Waals surface area contributed by atoms with Gasteiger partial charge in [-0.05, 0) is 33.5 Å². The predicted molar refractivity (Wildman–Crippen MR) is 55.8 cm³/mol. The number of carbonyl (C=O) groups is 1. The van der Waals surface area contributed by atoms with E-state index in [-0.39, 0.29) is 11.9 Å². The molecule has 0 rings (SSSR count). The Hall–Kier alpha value is -0.540. The average Bonchev–Trinajstić information content (AvgIpc) is 2.04. The lowest BCUT2D eigenvalue weighted by molar-refractivity contribution is -0.117. The first-order chi connectivity index (χ1) is 6.07. The fourth-order valence-electron chi connectivity index (χ4n) is 0.908. The standard InChI is InChI=1S/C9H17ClN2O/c1-8(9(13)11-7-10)5-4-6-12(2)3/h1,4-7H2,2-3H3,(H,11,13). The summed E-state index contributed by atoms with van der Waals surface area (Å²) in [5, 5.41) is 2.50. The Morgan fingerprint density at radius 3 is 2.62 bits per heavy atom. The van der Waals surface area contributed by atoms with Gasteiger partial charge in [0.05, 0.1) is 6.00 Å². The molecule has 0 radical (unpaired) electrons. The van der Waals surface area contributed by atoms with Gasteiger partial charge in [0.2, 0.25) is 5.91 Å². The van der Waals surface area contributed by atoms with Crippen LogP contribution < -0.4 is 5.32 Å². The molecule has 0 saturated carbocycles. The third-order valence-electron chi connectivity index (χ3n) is 1.63. The molecule has 76 valence electrons. The van der Waals surface area contributed by atoms with Crippen molar-refractivity contribution in [3.63, 3.8) is 0 Å². The Bertz CT molecular complexity index is 180. The highest BCUT2D eigenvalue weighted by molar-refractivity contribution is 6.19. The second kappa shape index (κ2) is 6.92. The Morgan fingerprint density at radius 1 is 1.54 bits per heavy atom. The summed E-state index contributed by atoms with van der Waals surface area (Å²) in [5.41, 5.74) is 0.600. The lowest BCUT2D eigenvalue weighted by atomic mass is 10.1. The average molecular weight is 205 g/mol. The number of hydrogen-bond acceptors (Lipinski definition) is 2. The highest BCUT2D eigenvalue weighted by Gasteiger charge is 2.04. The summed E-state index contributed by atoms with van der Waals surface area (Å²) in [6.07, 6.45) is 1.67. The molecule has 0 heterocycles. The number of alkyl halides is 1. The summed E-state index contributed by atoms with van der Waals surface area (Å²) in [7, 11) is 4.00. The first kappa shape index (κ1) is 12.5. The highest BCUT2D eigenvalue weighted by atomic mass is 35.5. The minimum absolute atomic E-state index is 0.144. The van der Waals surface area contributed by atoms with Gasteiger partial charge in [0.1, 0.15) is 0 Å². The van der Waals surface area contributed by atoms with Crippen LogP contribution in [0, 0.1) is 0 Å². The molecule has 0 atom stereocenters. The maximum atomic E-state index is 11.1. The summed E-state index contributed by atoms with van der Waals surface area (Å²) in [5.74, 6) is -0.145. The Balaban J connectivity index is 3.56. The van der Waals surface area contributed by atoms with Gasteiger partial charge >= 0.3 is 0 Å². The van der Waals surface area contributed by atoms with Crippen LogP contribution >= 0.6 is 11.6 Å². The second-order valence-corrected chi connectivity index (χ2v) is 3.42. The molecule has 0 aliphatic rings. The molecular formula is C9H17ClN2O. The summed E-state index contributed by atoms with van der Waals surface area (Å²) >= 11 is 5.34. The minimum atomic E-state index is -0.145. The first-order valence-corrected chi connectivity index (χ1v) is 4.78. The molecule has 0 aromatic rings. The topological polar surface area (TPSA) is 32.3 Å². The molecular weight excluding hydrogens is 188 g/mol. The molecule has 13 heavy (non-hydrogen) atoms. The number of rotatable bonds is 6. The van der Waals surface area contributed by atoms with E-state index in [2.05, 4.69) is 16.8 Å². The molecule has 0 aliphatic heterocycles. The maximum absolute atomic E-state index is 11.1. The number of amides is 1. The zero-order valence-electron chi connectivity index (χ0n) is 8.27. The van der Waals surface area contributed by atoms with E-state index in [9.17, 15) is 4.79 Å². The van der Waals surface area contributed by atoms with Gasteiger partial charge in [-0.15, -0.1) is 11.6 Å². The van der Waals surface area contributed by atoms with Gasteiger partial charge in [0.25, 0.3) is 0 Å². The van der Waals surface area contributed by atoms with E-state index < -0.39 is 0 Å². The number of halogens is 1.